The third kappa shape index (κ3) is 14.0. The molecule has 0 spiro atoms. The van der Waals surface area contributed by atoms with E-state index in [1.807, 2.05) is 0 Å². The van der Waals surface area contributed by atoms with Crippen LogP contribution in [0.2, 0.25) is 0 Å². The summed E-state index contributed by atoms with van der Waals surface area (Å²) in [7, 11) is 0. The number of esters is 3. The Morgan fingerprint density at radius 2 is 1.52 bits per heavy atom. The highest BCUT2D eigenvalue weighted by Gasteiger charge is 2.40. The third-order valence-electron chi connectivity index (χ3n) is 6.59. The lowest BCUT2D eigenvalue weighted by Crippen LogP contribution is -2.41. The maximum Gasteiger partial charge on any atom is 0.490 e. The van der Waals surface area contributed by atoms with Crippen LogP contribution in [0.4, 0.5) is 18.9 Å². The molecular weight excluding hydrogens is 697 g/mol. The maximum absolute atomic E-state index is 13.4. The molecule has 0 aromatic heterocycles. The Kier molecular flexibility index (Phi) is 14.4. The van der Waals surface area contributed by atoms with E-state index < -0.39 is 65.4 Å². The number of amides is 1. The molecule has 0 fully saturated rings. The lowest BCUT2D eigenvalue weighted by Gasteiger charge is -2.29. The second-order valence-electron chi connectivity index (χ2n) is 13.4. The lowest BCUT2D eigenvalue weighted by atomic mass is 9.83. The number of aliphatic carboxylic acids is 1. The van der Waals surface area contributed by atoms with Gasteiger partial charge in [-0.2, -0.15) is 13.2 Å². The highest BCUT2D eigenvalue weighted by Crippen LogP contribution is 2.37. The molecule has 2 aromatic rings. The van der Waals surface area contributed by atoms with Gasteiger partial charge in [0.05, 0.1) is 31.5 Å². The number of nitrogens with two attached hydrogens (primary N) is 2. The van der Waals surface area contributed by atoms with Crippen LogP contribution in [0.15, 0.2) is 36.4 Å². The molecule has 1 heterocycles. The van der Waals surface area contributed by atoms with Crippen LogP contribution in [-0.2, 0) is 35.1 Å². The molecule has 286 valence electrons. The van der Waals surface area contributed by atoms with Crippen LogP contribution in [-0.4, -0.2) is 71.4 Å². The van der Waals surface area contributed by atoms with E-state index in [1.54, 1.807) is 59.7 Å². The van der Waals surface area contributed by atoms with Crippen molar-refractivity contribution < 1.29 is 65.9 Å². The van der Waals surface area contributed by atoms with Gasteiger partial charge in [0.15, 0.2) is 17.5 Å². The van der Waals surface area contributed by atoms with E-state index in [9.17, 15) is 32.3 Å². The Morgan fingerprint density at radius 3 is 2.06 bits per heavy atom. The van der Waals surface area contributed by atoms with Gasteiger partial charge < -0.3 is 45.6 Å². The van der Waals surface area contributed by atoms with Gasteiger partial charge in [-0.15, -0.1) is 0 Å². The molecule has 0 aliphatic carbocycles. The molecular formula is C34H43F3N4O11. The SMILES string of the molecule is CC(C)(C)OC(=O)CC(C(=O)OC(C)(C)C)C(Cc1cccc2c1OCCCOc1cc(NC(=N)N)ccc1C(=O)O2)C(N)=O.O=C(O)C(F)(F)F. The van der Waals surface area contributed by atoms with Gasteiger partial charge in [0.1, 0.15) is 22.5 Å². The van der Waals surface area contributed by atoms with E-state index in [0.717, 1.165) is 0 Å². The van der Waals surface area contributed by atoms with Crippen LogP contribution in [0.5, 0.6) is 17.2 Å². The maximum atomic E-state index is 13.4. The van der Waals surface area contributed by atoms with Crippen LogP contribution >= 0.6 is 0 Å². The number of ether oxygens (including phenoxy) is 5. The zero-order chi connectivity index (χ0) is 39.6. The summed E-state index contributed by atoms with van der Waals surface area (Å²) in [5.74, 6) is -8.08. The number of hydrogen-bond acceptors (Lipinski definition) is 11. The van der Waals surface area contributed by atoms with Gasteiger partial charge in [-0.1, -0.05) is 12.1 Å². The average molecular weight is 741 g/mol. The number of fused-ring (bicyclic) bond motifs is 2. The van der Waals surface area contributed by atoms with Crippen molar-refractivity contribution in [2.75, 3.05) is 18.5 Å². The molecule has 15 nitrogen and oxygen atoms in total. The van der Waals surface area contributed by atoms with Gasteiger partial charge in [-0.3, -0.25) is 19.8 Å². The van der Waals surface area contributed by atoms with E-state index in [1.165, 1.54) is 18.2 Å². The number of benzene rings is 2. The summed E-state index contributed by atoms with van der Waals surface area (Å²) in [5, 5.41) is 17.2. The molecule has 2 unspecified atom stereocenters. The first-order valence-electron chi connectivity index (χ1n) is 15.8. The number of carbonyl (C=O) groups is 5. The van der Waals surface area contributed by atoms with E-state index in [2.05, 4.69) is 5.32 Å². The Bertz CT molecular complexity index is 1650. The standard InChI is InChI=1S/C32H42N4O9.C2HF3O2/c1-31(2,3)44-25(37)17-22(29(40)45-32(4,5)6)21(27(33)38)15-18-9-7-10-23-26(18)42-14-8-13-41-24-16-19(36-30(34)35)11-12-20(24)28(39)43-23;3-2(4,5)1(6)7/h7,9-12,16,21-22H,8,13-15,17H2,1-6H3,(H2,33,38)(H4,34,35,36);(H,6,7). The molecule has 18 heteroatoms. The summed E-state index contributed by atoms with van der Waals surface area (Å²) in [6.07, 6.45) is -5.25. The largest absolute Gasteiger partial charge is 0.492 e. The molecule has 0 saturated heterocycles. The van der Waals surface area contributed by atoms with Gasteiger partial charge in [0.25, 0.3) is 0 Å². The van der Waals surface area contributed by atoms with E-state index in [4.69, 9.17) is 50.5 Å². The fourth-order valence-corrected chi connectivity index (χ4v) is 4.59. The smallest absolute Gasteiger partial charge is 0.490 e. The predicted molar refractivity (Wildman–Crippen MR) is 179 cm³/mol. The number of carbonyl (C=O) groups excluding carboxylic acids is 4. The molecule has 2 aromatic carbocycles. The monoisotopic (exact) mass is 740 g/mol. The first kappa shape index (κ1) is 42.6. The fraction of sp³-hybridized carbons (Fsp3) is 0.471. The summed E-state index contributed by atoms with van der Waals surface area (Å²) in [4.78, 5) is 61.3. The van der Waals surface area contributed by atoms with Gasteiger partial charge >= 0.3 is 30.1 Å². The quantitative estimate of drug-likeness (QED) is 0.110. The fourth-order valence-electron chi connectivity index (χ4n) is 4.59. The topological polar surface area (TPSA) is 240 Å². The summed E-state index contributed by atoms with van der Waals surface area (Å²) in [6, 6.07) is 9.37. The lowest BCUT2D eigenvalue weighted by molar-refractivity contribution is -0.192. The van der Waals surface area contributed by atoms with Crippen LogP contribution in [0.25, 0.3) is 0 Å². The number of alkyl halides is 3. The van der Waals surface area contributed by atoms with Crippen LogP contribution in [0, 0.1) is 17.2 Å². The number of guanidine groups is 1. The van der Waals surface area contributed by atoms with Gasteiger partial charge in [-0.25, -0.2) is 9.59 Å². The normalized spacial score (nSPS) is 14.4. The molecule has 0 bridgehead atoms. The van der Waals surface area contributed by atoms with E-state index in [-0.39, 0.29) is 48.4 Å². The third-order valence-corrected chi connectivity index (χ3v) is 6.59. The molecule has 2 atom stereocenters. The number of anilines is 1. The number of halogens is 3. The van der Waals surface area contributed by atoms with Crippen LogP contribution in [0.1, 0.15) is 70.3 Å². The average Bonchev–Trinajstić information content (AvgIpc) is 2.99. The molecule has 0 saturated carbocycles. The van der Waals surface area contributed by atoms with Crippen molar-refractivity contribution in [3.8, 4) is 17.2 Å². The molecule has 1 aliphatic rings. The van der Waals surface area contributed by atoms with Crippen LogP contribution in [0.3, 0.4) is 0 Å². The van der Waals surface area contributed by atoms with Crippen molar-refractivity contribution in [3.63, 3.8) is 0 Å². The minimum absolute atomic E-state index is 0.0699. The van der Waals surface area contributed by atoms with Gasteiger partial charge in [0.2, 0.25) is 5.91 Å². The highest BCUT2D eigenvalue weighted by atomic mass is 19.4. The van der Waals surface area contributed by atoms with E-state index >= 15 is 0 Å². The predicted octanol–water partition coefficient (Wildman–Crippen LogP) is 4.34. The van der Waals surface area contributed by atoms with Crippen molar-refractivity contribution in [3.05, 3.63) is 47.5 Å². The second kappa shape index (κ2) is 17.6. The number of carboxylic acids is 1. The number of para-hydroxylation sites is 1. The molecule has 52 heavy (non-hydrogen) atoms. The first-order valence-corrected chi connectivity index (χ1v) is 15.8. The number of primary amides is 1. The molecule has 0 radical (unpaired) electrons. The Labute approximate surface area is 297 Å². The van der Waals surface area contributed by atoms with E-state index in [0.29, 0.717) is 17.7 Å². The van der Waals surface area contributed by atoms with Crippen molar-refractivity contribution in [1.29, 1.82) is 5.41 Å². The Balaban J connectivity index is 0.00000121. The highest BCUT2D eigenvalue weighted by molar-refractivity contribution is 5.96. The number of nitrogens with one attached hydrogen (secondary N) is 2. The Morgan fingerprint density at radius 1 is 0.923 bits per heavy atom. The van der Waals surface area contributed by atoms with Crippen molar-refractivity contribution in [2.45, 2.75) is 78.2 Å². The zero-order valence-electron chi connectivity index (χ0n) is 29.5. The summed E-state index contributed by atoms with van der Waals surface area (Å²) in [6.45, 7) is 10.4. The summed E-state index contributed by atoms with van der Waals surface area (Å²) >= 11 is 0. The molecule has 7 N–H and O–H groups in total. The molecule has 1 amide bonds. The minimum atomic E-state index is -5.08. The number of rotatable bonds is 8. The Hall–Kier alpha value is -5.55. The van der Waals surface area contributed by atoms with Crippen LogP contribution < -0.4 is 31.0 Å². The number of hydrogen-bond donors (Lipinski definition) is 5. The van der Waals surface area contributed by atoms with Crippen molar-refractivity contribution in [2.24, 2.45) is 23.3 Å². The second-order valence-corrected chi connectivity index (χ2v) is 13.4. The first-order chi connectivity index (χ1) is 23.9. The van der Waals surface area contributed by atoms with Gasteiger partial charge in [-0.05, 0) is 71.7 Å². The summed E-state index contributed by atoms with van der Waals surface area (Å²) in [5.41, 5.74) is 10.5. The molecule has 3 rings (SSSR count). The van der Waals surface area contributed by atoms with Crippen molar-refractivity contribution in [1.82, 2.24) is 0 Å². The van der Waals surface area contributed by atoms with Crippen molar-refractivity contribution >= 4 is 41.4 Å². The van der Waals surface area contributed by atoms with Gasteiger partial charge in [0, 0.05) is 18.2 Å². The minimum Gasteiger partial charge on any atom is -0.492 e. The number of carboxylic acid groups (broad SMARTS) is 1. The molecule has 1 aliphatic heterocycles. The summed E-state index contributed by atoms with van der Waals surface area (Å²) < 4.78 is 60.4. The zero-order valence-corrected chi connectivity index (χ0v) is 29.5.